The molecule has 0 spiro atoms. The molecule has 0 aromatic heterocycles. The second kappa shape index (κ2) is 10.5. The van der Waals surface area contributed by atoms with E-state index >= 15 is 0 Å². The fourth-order valence-corrected chi connectivity index (χ4v) is 1.33. The number of amides is 2. The molecule has 0 saturated heterocycles. The summed E-state index contributed by atoms with van der Waals surface area (Å²) in [6.07, 6.45) is 6.57. The average molecular weight is 228 g/mol. The van der Waals surface area contributed by atoms with Crippen LogP contribution in [0.15, 0.2) is 0 Å². The summed E-state index contributed by atoms with van der Waals surface area (Å²) in [5, 5.41) is 5.16. The van der Waals surface area contributed by atoms with E-state index in [1.54, 1.807) is 0 Å². The standard InChI is InChI=1S/C12H24N2O2/c1-3-5-6-7-8-10-14-12(16)11(15)13-9-4-2/h3-10H2,1-2H3,(H,13,15)(H,14,16). The maximum absolute atomic E-state index is 11.2. The summed E-state index contributed by atoms with van der Waals surface area (Å²) in [4.78, 5) is 22.4. The molecule has 0 unspecified atom stereocenters. The highest BCUT2D eigenvalue weighted by molar-refractivity contribution is 6.35. The molecule has 0 rings (SSSR count). The lowest BCUT2D eigenvalue weighted by Gasteiger charge is -2.05. The minimum Gasteiger partial charge on any atom is -0.348 e. The van der Waals surface area contributed by atoms with Crippen molar-refractivity contribution in [3.05, 3.63) is 0 Å². The monoisotopic (exact) mass is 228 g/mol. The number of nitrogens with one attached hydrogen (secondary N) is 2. The van der Waals surface area contributed by atoms with Crippen LogP contribution in [0.3, 0.4) is 0 Å². The Kier molecular flexibility index (Phi) is 9.76. The van der Waals surface area contributed by atoms with Crippen LogP contribution in [0.4, 0.5) is 0 Å². The summed E-state index contributed by atoms with van der Waals surface area (Å²) in [6, 6.07) is 0. The second-order valence-electron chi connectivity index (χ2n) is 3.93. The SMILES string of the molecule is CCCCCCCNC(=O)C(=O)NCCC. The van der Waals surface area contributed by atoms with Crippen LogP contribution in [0.25, 0.3) is 0 Å². The van der Waals surface area contributed by atoms with Gasteiger partial charge in [-0.2, -0.15) is 0 Å². The first-order valence-electron chi connectivity index (χ1n) is 6.28. The van der Waals surface area contributed by atoms with Crippen LogP contribution in [-0.4, -0.2) is 24.9 Å². The third-order valence-electron chi connectivity index (χ3n) is 2.31. The molecule has 0 saturated carbocycles. The van der Waals surface area contributed by atoms with Gasteiger partial charge in [0.2, 0.25) is 0 Å². The van der Waals surface area contributed by atoms with Gasteiger partial charge in [-0.3, -0.25) is 9.59 Å². The molecule has 4 heteroatoms. The Labute approximate surface area is 98.2 Å². The van der Waals surface area contributed by atoms with E-state index in [1.165, 1.54) is 19.3 Å². The minimum absolute atomic E-state index is 0.510. The number of rotatable bonds is 8. The molecule has 94 valence electrons. The van der Waals surface area contributed by atoms with Crippen molar-refractivity contribution in [2.45, 2.75) is 52.4 Å². The highest BCUT2D eigenvalue weighted by Gasteiger charge is 2.10. The zero-order valence-corrected chi connectivity index (χ0v) is 10.5. The van der Waals surface area contributed by atoms with Crippen molar-refractivity contribution in [3.63, 3.8) is 0 Å². The Bertz CT molecular complexity index is 205. The van der Waals surface area contributed by atoms with Crippen LogP contribution in [-0.2, 0) is 9.59 Å². The number of carbonyl (C=O) groups is 2. The Morgan fingerprint density at radius 1 is 0.750 bits per heavy atom. The van der Waals surface area contributed by atoms with Gasteiger partial charge in [-0.25, -0.2) is 0 Å². The van der Waals surface area contributed by atoms with Crippen molar-refractivity contribution in [1.29, 1.82) is 0 Å². The molecular formula is C12H24N2O2. The molecule has 0 aromatic rings. The first-order chi connectivity index (χ1) is 7.72. The second-order valence-corrected chi connectivity index (χ2v) is 3.93. The van der Waals surface area contributed by atoms with Crippen molar-refractivity contribution in [2.75, 3.05) is 13.1 Å². The quantitative estimate of drug-likeness (QED) is 0.490. The molecule has 0 aliphatic heterocycles. The molecule has 0 radical (unpaired) electrons. The van der Waals surface area contributed by atoms with Gasteiger partial charge in [0, 0.05) is 13.1 Å². The van der Waals surface area contributed by atoms with Gasteiger partial charge in [0.25, 0.3) is 0 Å². The summed E-state index contributed by atoms with van der Waals surface area (Å²) in [5.74, 6) is -1.03. The molecule has 0 fully saturated rings. The molecule has 0 atom stereocenters. The fraction of sp³-hybridized carbons (Fsp3) is 0.833. The molecule has 0 bridgehead atoms. The van der Waals surface area contributed by atoms with Crippen LogP contribution in [0, 0.1) is 0 Å². The third-order valence-corrected chi connectivity index (χ3v) is 2.31. The Morgan fingerprint density at radius 3 is 1.88 bits per heavy atom. The molecular weight excluding hydrogens is 204 g/mol. The van der Waals surface area contributed by atoms with E-state index in [9.17, 15) is 9.59 Å². The van der Waals surface area contributed by atoms with Crippen LogP contribution in [0.5, 0.6) is 0 Å². The van der Waals surface area contributed by atoms with Crippen molar-refractivity contribution < 1.29 is 9.59 Å². The lowest BCUT2D eigenvalue weighted by molar-refractivity contribution is -0.139. The van der Waals surface area contributed by atoms with E-state index < -0.39 is 11.8 Å². The Balaban J connectivity index is 3.39. The first kappa shape index (κ1) is 14.9. The summed E-state index contributed by atoms with van der Waals surface area (Å²) >= 11 is 0. The van der Waals surface area contributed by atoms with E-state index in [-0.39, 0.29) is 0 Å². The van der Waals surface area contributed by atoms with Crippen molar-refractivity contribution in [2.24, 2.45) is 0 Å². The molecule has 0 heterocycles. The van der Waals surface area contributed by atoms with Gasteiger partial charge in [0.15, 0.2) is 0 Å². The molecule has 4 nitrogen and oxygen atoms in total. The van der Waals surface area contributed by atoms with E-state index in [1.807, 2.05) is 6.92 Å². The van der Waals surface area contributed by atoms with Gasteiger partial charge in [0.05, 0.1) is 0 Å². The highest BCUT2D eigenvalue weighted by atomic mass is 16.2. The van der Waals surface area contributed by atoms with Gasteiger partial charge < -0.3 is 10.6 Å². The molecule has 2 amide bonds. The summed E-state index contributed by atoms with van der Waals surface area (Å²) in [6.45, 7) is 5.27. The maximum Gasteiger partial charge on any atom is 0.309 e. The van der Waals surface area contributed by atoms with E-state index in [2.05, 4.69) is 17.6 Å². The Hall–Kier alpha value is -1.06. The summed E-state index contributed by atoms with van der Waals surface area (Å²) in [5.41, 5.74) is 0. The van der Waals surface area contributed by atoms with E-state index in [0.29, 0.717) is 13.1 Å². The van der Waals surface area contributed by atoms with Crippen LogP contribution < -0.4 is 10.6 Å². The normalized spacial score (nSPS) is 9.88. The zero-order valence-electron chi connectivity index (χ0n) is 10.5. The molecule has 0 aromatic carbocycles. The first-order valence-corrected chi connectivity index (χ1v) is 6.28. The van der Waals surface area contributed by atoms with Gasteiger partial charge >= 0.3 is 11.8 Å². The topological polar surface area (TPSA) is 58.2 Å². The van der Waals surface area contributed by atoms with Crippen LogP contribution >= 0.6 is 0 Å². The molecule has 16 heavy (non-hydrogen) atoms. The number of carbonyl (C=O) groups excluding carboxylic acids is 2. The van der Waals surface area contributed by atoms with Gasteiger partial charge in [0.1, 0.15) is 0 Å². The lowest BCUT2D eigenvalue weighted by Crippen LogP contribution is -2.40. The van der Waals surface area contributed by atoms with Crippen molar-refractivity contribution in [1.82, 2.24) is 10.6 Å². The molecule has 2 N–H and O–H groups in total. The average Bonchev–Trinajstić information content (AvgIpc) is 2.30. The van der Waals surface area contributed by atoms with E-state index in [0.717, 1.165) is 19.3 Å². The molecule has 0 aliphatic rings. The number of hydrogen-bond donors (Lipinski definition) is 2. The predicted molar refractivity (Wildman–Crippen MR) is 65.1 cm³/mol. The van der Waals surface area contributed by atoms with E-state index in [4.69, 9.17) is 0 Å². The fourth-order valence-electron chi connectivity index (χ4n) is 1.33. The van der Waals surface area contributed by atoms with Gasteiger partial charge in [-0.05, 0) is 12.8 Å². The zero-order chi connectivity index (χ0) is 12.2. The molecule has 0 aliphatic carbocycles. The van der Waals surface area contributed by atoms with Gasteiger partial charge in [-0.1, -0.05) is 39.5 Å². The lowest BCUT2D eigenvalue weighted by atomic mass is 10.1. The summed E-state index contributed by atoms with van der Waals surface area (Å²) in [7, 11) is 0. The largest absolute Gasteiger partial charge is 0.348 e. The smallest absolute Gasteiger partial charge is 0.309 e. The predicted octanol–water partition coefficient (Wildman–Crippen LogP) is 1.60. The number of unbranched alkanes of at least 4 members (excludes halogenated alkanes) is 4. The Morgan fingerprint density at radius 2 is 1.31 bits per heavy atom. The highest BCUT2D eigenvalue weighted by Crippen LogP contribution is 2.00. The number of hydrogen-bond acceptors (Lipinski definition) is 2. The van der Waals surface area contributed by atoms with Crippen molar-refractivity contribution >= 4 is 11.8 Å². The summed E-state index contributed by atoms with van der Waals surface area (Å²) < 4.78 is 0. The van der Waals surface area contributed by atoms with Gasteiger partial charge in [-0.15, -0.1) is 0 Å². The maximum atomic E-state index is 11.2. The minimum atomic E-state index is -0.518. The van der Waals surface area contributed by atoms with Crippen LogP contribution in [0.1, 0.15) is 52.4 Å². The van der Waals surface area contributed by atoms with Crippen LogP contribution in [0.2, 0.25) is 0 Å². The third kappa shape index (κ3) is 8.26. The van der Waals surface area contributed by atoms with Crippen molar-refractivity contribution in [3.8, 4) is 0 Å².